The Morgan fingerprint density at radius 3 is 0.824 bits per heavy atom. The predicted octanol–water partition coefficient (Wildman–Crippen LogP) is 0.320. The van der Waals surface area contributed by atoms with Crippen molar-refractivity contribution in [1.29, 1.82) is 0 Å². The summed E-state index contributed by atoms with van der Waals surface area (Å²) in [7, 11) is 13.8. The van der Waals surface area contributed by atoms with Crippen LogP contribution in [0.5, 0.6) is 0 Å². The number of hydrogen-bond donors (Lipinski definition) is 0. The topological polar surface area (TPSA) is 36.5 Å². The summed E-state index contributed by atoms with van der Waals surface area (Å²) in [6.07, 6.45) is 0. The van der Waals surface area contributed by atoms with Crippen LogP contribution in [0.4, 0.5) is 0 Å². The molecule has 0 aromatic heterocycles. The van der Waals surface area contributed by atoms with Gasteiger partial charge in [0.1, 0.15) is 0 Å². The maximum absolute atomic E-state index is 13.3. The molecule has 0 bridgehead atoms. The minimum atomic E-state index is -2.88. The fourth-order valence-corrected chi connectivity index (χ4v) is 3.78. The molecule has 0 aliphatic heterocycles. The third kappa shape index (κ3) is 3.48. The van der Waals surface area contributed by atoms with Gasteiger partial charge in [-0.1, -0.05) is 0 Å². The van der Waals surface area contributed by atoms with Crippen molar-refractivity contribution in [3.63, 3.8) is 0 Å². The number of rotatable bonds is 6. The van der Waals surface area contributed by atoms with Crippen LogP contribution >= 0.6 is 7.59 Å². The van der Waals surface area contributed by atoms with E-state index in [0.717, 1.165) is 0 Å². The molecule has 7 nitrogen and oxygen atoms in total. The summed E-state index contributed by atoms with van der Waals surface area (Å²) in [6, 6.07) is 0. The van der Waals surface area contributed by atoms with Crippen LogP contribution in [-0.2, 0) is 4.57 Å². The van der Waals surface area contributed by atoms with Crippen LogP contribution in [0.2, 0.25) is 0 Å². The summed E-state index contributed by atoms with van der Waals surface area (Å²) < 4.78 is 18.5. The van der Waals surface area contributed by atoms with E-state index in [1.165, 1.54) is 0 Å². The van der Waals surface area contributed by atoms with E-state index in [0.29, 0.717) is 0 Å². The standard InChI is InChI=1S/C9H27N6OP/c1-10(2)13(7)17(16,14(8)11(3)4)15(9)12(5)6/h1-9H3. The van der Waals surface area contributed by atoms with Crippen LogP contribution in [-0.4, -0.2) is 92.8 Å². The summed E-state index contributed by atoms with van der Waals surface area (Å²) >= 11 is 0. The van der Waals surface area contributed by atoms with Gasteiger partial charge in [0.2, 0.25) is 0 Å². The van der Waals surface area contributed by atoms with Crippen LogP contribution in [0.3, 0.4) is 0 Å². The molecule has 8 heteroatoms. The van der Waals surface area contributed by atoms with Crippen LogP contribution in [0.15, 0.2) is 0 Å². The van der Waals surface area contributed by atoms with Crippen molar-refractivity contribution in [1.82, 2.24) is 29.4 Å². The van der Waals surface area contributed by atoms with Crippen molar-refractivity contribution < 1.29 is 4.57 Å². The Bertz CT molecular complexity index is 240. The second kappa shape index (κ2) is 6.24. The molecular formula is C9H27N6OP. The largest absolute Gasteiger partial charge is 0.326 e. The smallest absolute Gasteiger partial charge is 0.266 e. The first-order valence-corrected chi connectivity index (χ1v) is 6.97. The van der Waals surface area contributed by atoms with E-state index in [2.05, 4.69) is 0 Å². The first kappa shape index (κ1) is 17.0. The van der Waals surface area contributed by atoms with Crippen molar-refractivity contribution in [3.05, 3.63) is 0 Å². The fraction of sp³-hybridized carbons (Fsp3) is 1.00. The summed E-state index contributed by atoms with van der Waals surface area (Å²) in [5.74, 6) is 0. The van der Waals surface area contributed by atoms with Gasteiger partial charge in [0.25, 0.3) is 0 Å². The van der Waals surface area contributed by atoms with Gasteiger partial charge in [-0.2, -0.15) is 14.3 Å². The fourth-order valence-electron chi connectivity index (χ4n) is 1.26. The average Bonchev–Trinajstić information content (AvgIpc) is 2.24. The Labute approximate surface area is 106 Å². The van der Waals surface area contributed by atoms with E-state index < -0.39 is 7.59 Å². The summed E-state index contributed by atoms with van der Waals surface area (Å²) in [5, 5.41) is 5.46. The molecule has 0 fully saturated rings. The maximum Gasteiger partial charge on any atom is 0.326 e. The van der Waals surface area contributed by atoms with Crippen molar-refractivity contribution >= 4 is 7.59 Å². The Balaban J connectivity index is 5.44. The Kier molecular flexibility index (Phi) is 6.24. The highest BCUT2D eigenvalue weighted by Crippen LogP contribution is 2.54. The van der Waals surface area contributed by atoms with Crippen LogP contribution in [0.1, 0.15) is 0 Å². The van der Waals surface area contributed by atoms with Gasteiger partial charge >= 0.3 is 7.59 Å². The molecule has 104 valence electrons. The zero-order chi connectivity index (χ0) is 14.0. The molecule has 0 rings (SSSR count). The van der Waals surface area contributed by atoms with Crippen molar-refractivity contribution in [3.8, 4) is 0 Å². The minimum absolute atomic E-state index is 1.74. The lowest BCUT2D eigenvalue weighted by Crippen LogP contribution is -2.49. The van der Waals surface area contributed by atoms with E-state index >= 15 is 0 Å². The summed E-state index contributed by atoms with van der Waals surface area (Å²) in [4.78, 5) is 0. The number of nitrogens with zero attached hydrogens (tertiary/aromatic N) is 6. The average molecular weight is 266 g/mol. The van der Waals surface area contributed by atoms with Gasteiger partial charge < -0.3 is 0 Å². The van der Waals surface area contributed by atoms with Gasteiger partial charge in [0.15, 0.2) is 0 Å². The van der Waals surface area contributed by atoms with Crippen molar-refractivity contribution in [2.75, 3.05) is 63.4 Å². The monoisotopic (exact) mass is 266 g/mol. The van der Waals surface area contributed by atoms with E-state index in [9.17, 15) is 4.57 Å². The first-order chi connectivity index (χ1) is 7.56. The van der Waals surface area contributed by atoms with Crippen molar-refractivity contribution in [2.45, 2.75) is 0 Å². The molecule has 0 spiro atoms. The van der Waals surface area contributed by atoms with Gasteiger partial charge in [-0.05, 0) is 0 Å². The number of hydrazine groups is 3. The molecule has 0 N–H and O–H groups in total. The zero-order valence-electron chi connectivity index (χ0n) is 12.5. The first-order valence-electron chi connectivity index (χ1n) is 5.41. The molecule has 0 unspecified atom stereocenters. The molecule has 0 amide bonds. The summed E-state index contributed by atoms with van der Waals surface area (Å²) in [6.45, 7) is 0. The quantitative estimate of drug-likeness (QED) is 0.506. The summed E-state index contributed by atoms with van der Waals surface area (Å²) in [5.41, 5.74) is 0. The van der Waals surface area contributed by atoms with E-state index in [-0.39, 0.29) is 0 Å². The highest BCUT2D eigenvalue weighted by atomic mass is 31.2. The third-order valence-corrected chi connectivity index (χ3v) is 6.20. The second-order valence-electron chi connectivity index (χ2n) is 4.52. The van der Waals surface area contributed by atoms with Crippen LogP contribution < -0.4 is 0 Å². The zero-order valence-corrected chi connectivity index (χ0v) is 13.4. The lowest BCUT2D eigenvalue weighted by Gasteiger charge is -2.46. The SMILES string of the molecule is CN(C)N(C)P(=O)(N(C)N(C)C)N(C)N(C)C. The number of hydrogen-bond acceptors (Lipinski definition) is 4. The normalized spacial score (nSPS) is 14.1. The molecular weight excluding hydrogens is 239 g/mol. The Morgan fingerprint density at radius 1 is 0.529 bits per heavy atom. The van der Waals surface area contributed by atoms with Gasteiger partial charge in [-0.25, -0.2) is 15.0 Å². The van der Waals surface area contributed by atoms with Gasteiger partial charge in [0.05, 0.1) is 0 Å². The Hall–Kier alpha value is -0.0100. The molecule has 0 aliphatic rings. The minimum Gasteiger partial charge on any atom is -0.266 e. The molecule has 0 saturated heterocycles. The molecule has 0 saturated carbocycles. The maximum atomic E-state index is 13.3. The van der Waals surface area contributed by atoms with E-state index in [1.807, 2.05) is 78.5 Å². The lowest BCUT2D eigenvalue weighted by molar-refractivity contribution is 0.0402. The molecule has 0 atom stereocenters. The molecule has 0 aromatic rings. The van der Waals surface area contributed by atoms with E-state index in [4.69, 9.17) is 0 Å². The van der Waals surface area contributed by atoms with Gasteiger partial charge in [0, 0.05) is 63.4 Å². The molecule has 0 aliphatic carbocycles. The molecule has 0 heterocycles. The third-order valence-electron chi connectivity index (χ3n) is 2.87. The van der Waals surface area contributed by atoms with Gasteiger partial charge in [-0.15, -0.1) is 0 Å². The van der Waals surface area contributed by atoms with Crippen molar-refractivity contribution in [2.24, 2.45) is 0 Å². The highest BCUT2D eigenvalue weighted by molar-refractivity contribution is 7.56. The second-order valence-corrected chi connectivity index (χ2v) is 7.29. The Morgan fingerprint density at radius 2 is 0.706 bits per heavy atom. The van der Waals surface area contributed by atoms with Crippen LogP contribution in [0.25, 0.3) is 0 Å². The van der Waals surface area contributed by atoms with E-state index in [1.54, 1.807) is 14.3 Å². The lowest BCUT2D eigenvalue weighted by atomic mass is 11.1. The molecule has 0 aromatic carbocycles. The van der Waals surface area contributed by atoms with Crippen LogP contribution in [0, 0.1) is 0 Å². The van der Waals surface area contributed by atoms with Gasteiger partial charge in [-0.3, -0.25) is 4.57 Å². The predicted molar refractivity (Wildman–Crippen MR) is 72.0 cm³/mol. The highest BCUT2D eigenvalue weighted by Gasteiger charge is 2.41. The molecule has 0 radical (unpaired) electrons. The molecule has 17 heavy (non-hydrogen) atoms.